The zero-order valence-corrected chi connectivity index (χ0v) is 16.3. The summed E-state index contributed by atoms with van der Waals surface area (Å²) in [5, 5.41) is 0. The summed E-state index contributed by atoms with van der Waals surface area (Å²) in [7, 11) is 1.61. The van der Waals surface area contributed by atoms with Gasteiger partial charge in [-0.05, 0) is 66.5 Å². The highest BCUT2D eigenvalue weighted by Gasteiger charge is 2.52. The Morgan fingerprint density at radius 2 is 2.04 bits per heavy atom. The molecular formula is C19H25BrN2O3. The zero-order valence-electron chi connectivity index (χ0n) is 14.7. The van der Waals surface area contributed by atoms with Gasteiger partial charge >= 0.3 is 0 Å². The van der Waals surface area contributed by atoms with Crippen molar-refractivity contribution in [3.8, 4) is 5.75 Å². The van der Waals surface area contributed by atoms with Crippen LogP contribution < -0.4 is 4.74 Å². The summed E-state index contributed by atoms with van der Waals surface area (Å²) in [6, 6.07) is 6.03. The van der Waals surface area contributed by atoms with Gasteiger partial charge in [-0.1, -0.05) is 6.42 Å². The lowest BCUT2D eigenvalue weighted by atomic mass is 9.88. The maximum absolute atomic E-state index is 12.8. The van der Waals surface area contributed by atoms with E-state index in [0.29, 0.717) is 30.4 Å². The minimum atomic E-state index is -0.122. The molecule has 0 aliphatic carbocycles. The molecule has 5 nitrogen and oxygen atoms in total. The highest BCUT2D eigenvalue weighted by molar-refractivity contribution is 9.10. The van der Waals surface area contributed by atoms with Crippen LogP contribution in [0.25, 0.3) is 0 Å². The lowest BCUT2D eigenvalue weighted by molar-refractivity contribution is -0.0951. The smallest absolute Gasteiger partial charge is 0.255 e. The number of ether oxygens (including phenoxy) is 2. The second-order valence-electron chi connectivity index (χ2n) is 7.46. The van der Waals surface area contributed by atoms with Crippen molar-refractivity contribution in [2.75, 3.05) is 39.9 Å². The van der Waals surface area contributed by atoms with Gasteiger partial charge in [-0.15, -0.1) is 0 Å². The van der Waals surface area contributed by atoms with Gasteiger partial charge in [0.15, 0.2) is 0 Å². The van der Waals surface area contributed by atoms with Gasteiger partial charge in [0.25, 0.3) is 5.91 Å². The first-order valence-electron chi connectivity index (χ1n) is 9.11. The quantitative estimate of drug-likeness (QED) is 0.770. The molecule has 1 spiro atoms. The Balaban J connectivity index is 1.38. The number of amides is 1. The number of hydrogen-bond donors (Lipinski definition) is 0. The standard InChI is InChI=1S/C19H25BrN2O3/c1-24-15-5-6-17(20)16(9-15)18(23)22-12-19(13-22)10-14(11-25-19)21-7-3-2-4-8-21/h5-6,9,14H,2-4,7-8,10-13H2,1H3. The van der Waals surface area contributed by atoms with Crippen molar-refractivity contribution in [1.82, 2.24) is 9.80 Å². The van der Waals surface area contributed by atoms with E-state index in [1.165, 1.54) is 32.4 Å². The summed E-state index contributed by atoms with van der Waals surface area (Å²) in [5.74, 6) is 0.741. The second-order valence-corrected chi connectivity index (χ2v) is 8.31. The van der Waals surface area contributed by atoms with Gasteiger partial charge in [0.1, 0.15) is 11.4 Å². The maximum Gasteiger partial charge on any atom is 0.255 e. The molecule has 0 aromatic heterocycles. The number of likely N-dealkylation sites (tertiary alicyclic amines) is 2. The van der Waals surface area contributed by atoms with Gasteiger partial charge in [-0.2, -0.15) is 0 Å². The third-order valence-electron chi connectivity index (χ3n) is 5.75. The van der Waals surface area contributed by atoms with E-state index >= 15 is 0 Å². The fourth-order valence-electron chi connectivity index (χ4n) is 4.32. The molecule has 0 bridgehead atoms. The molecule has 4 rings (SSSR count). The Morgan fingerprint density at radius 1 is 1.28 bits per heavy atom. The van der Waals surface area contributed by atoms with E-state index in [4.69, 9.17) is 9.47 Å². The van der Waals surface area contributed by atoms with Crippen LogP contribution in [0.15, 0.2) is 22.7 Å². The van der Waals surface area contributed by atoms with Gasteiger partial charge in [0, 0.05) is 10.5 Å². The molecule has 1 unspecified atom stereocenters. The first kappa shape index (κ1) is 17.3. The molecule has 1 aromatic carbocycles. The molecule has 1 atom stereocenters. The summed E-state index contributed by atoms with van der Waals surface area (Å²) in [4.78, 5) is 17.3. The molecular weight excluding hydrogens is 384 g/mol. The molecule has 3 aliphatic rings. The average Bonchev–Trinajstić information content (AvgIpc) is 3.07. The number of halogens is 1. The molecule has 3 saturated heterocycles. The minimum Gasteiger partial charge on any atom is -0.497 e. The van der Waals surface area contributed by atoms with Crippen LogP contribution in [0.5, 0.6) is 5.75 Å². The molecule has 6 heteroatoms. The third-order valence-corrected chi connectivity index (χ3v) is 6.44. The highest BCUT2D eigenvalue weighted by atomic mass is 79.9. The SMILES string of the molecule is COc1ccc(Br)c(C(=O)N2CC3(CC(N4CCCCC4)CO3)C2)c1. The van der Waals surface area contributed by atoms with Crippen LogP contribution in [-0.4, -0.2) is 67.2 Å². The van der Waals surface area contributed by atoms with Gasteiger partial charge in [-0.25, -0.2) is 0 Å². The topological polar surface area (TPSA) is 42.0 Å². The van der Waals surface area contributed by atoms with Crippen LogP contribution in [0, 0.1) is 0 Å². The largest absolute Gasteiger partial charge is 0.497 e. The van der Waals surface area contributed by atoms with E-state index in [9.17, 15) is 4.79 Å². The summed E-state index contributed by atoms with van der Waals surface area (Å²) < 4.78 is 12.2. The predicted molar refractivity (Wildman–Crippen MR) is 99.1 cm³/mol. The van der Waals surface area contributed by atoms with Gasteiger partial charge in [-0.3, -0.25) is 9.69 Å². The molecule has 0 N–H and O–H groups in total. The Morgan fingerprint density at radius 3 is 2.76 bits per heavy atom. The van der Waals surface area contributed by atoms with Crippen molar-refractivity contribution in [2.45, 2.75) is 37.3 Å². The monoisotopic (exact) mass is 408 g/mol. The van der Waals surface area contributed by atoms with Crippen LogP contribution in [0.4, 0.5) is 0 Å². The molecule has 0 saturated carbocycles. The van der Waals surface area contributed by atoms with Crippen LogP contribution in [0.3, 0.4) is 0 Å². The van der Waals surface area contributed by atoms with Crippen LogP contribution >= 0.6 is 15.9 Å². The number of methoxy groups -OCH3 is 1. The molecule has 3 heterocycles. The number of carbonyl (C=O) groups is 1. The van der Waals surface area contributed by atoms with Gasteiger partial charge in [0.2, 0.25) is 0 Å². The highest BCUT2D eigenvalue weighted by Crippen LogP contribution is 2.39. The number of rotatable bonds is 3. The number of piperidine rings is 1. The summed E-state index contributed by atoms with van der Waals surface area (Å²) in [5.41, 5.74) is 0.531. The van der Waals surface area contributed by atoms with Gasteiger partial charge < -0.3 is 14.4 Å². The molecule has 0 radical (unpaired) electrons. The lowest BCUT2D eigenvalue weighted by Crippen LogP contribution is -2.63. The fraction of sp³-hybridized carbons (Fsp3) is 0.632. The molecule has 3 fully saturated rings. The minimum absolute atomic E-state index is 0.0430. The Bertz CT molecular complexity index is 654. The van der Waals surface area contributed by atoms with Crippen molar-refractivity contribution in [3.63, 3.8) is 0 Å². The Kier molecular flexibility index (Phi) is 4.77. The van der Waals surface area contributed by atoms with Crippen LogP contribution in [0.2, 0.25) is 0 Å². The number of benzene rings is 1. The first-order valence-corrected chi connectivity index (χ1v) is 9.90. The average molecular weight is 409 g/mol. The van der Waals surface area contributed by atoms with E-state index in [0.717, 1.165) is 17.5 Å². The van der Waals surface area contributed by atoms with E-state index in [-0.39, 0.29) is 11.5 Å². The number of carbonyl (C=O) groups excluding carboxylic acids is 1. The van der Waals surface area contributed by atoms with Crippen molar-refractivity contribution in [2.24, 2.45) is 0 Å². The van der Waals surface area contributed by atoms with Crippen LogP contribution in [0.1, 0.15) is 36.0 Å². The van der Waals surface area contributed by atoms with Crippen LogP contribution in [-0.2, 0) is 4.74 Å². The number of nitrogens with zero attached hydrogens (tertiary/aromatic N) is 2. The van der Waals surface area contributed by atoms with Crippen molar-refractivity contribution in [3.05, 3.63) is 28.2 Å². The molecule has 3 aliphatic heterocycles. The molecule has 1 amide bonds. The number of hydrogen-bond acceptors (Lipinski definition) is 4. The normalized spacial score (nSPS) is 25.8. The van der Waals surface area contributed by atoms with Crippen molar-refractivity contribution < 1.29 is 14.3 Å². The fourth-order valence-corrected chi connectivity index (χ4v) is 4.73. The van der Waals surface area contributed by atoms with Gasteiger partial charge in [0.05, 0.1) is 32.4 Å². The first-order chi connectivity index (χ1) is 12.1. The summed E-state index contributed by atoms with van der Waals surface area (Å²) >= 11 is 3.48. The Hall–Kier alpha value is -1.11. The molecule has 136 valence electrons. The van der Waals surface area contributed by atoms with E-state index in [1.54, 1.807) is 13.2 Å². The van der Waals surface area contributed by atoms with Crippen molar-refractivity contribution >= 4 is 21.8 Å². The Labute approximate surface area is 157 Å². The van der Waals surface area contributed by atoms with E-state index in [2.05, 4.69) is 20.8 Å². The van der Waals surface area contributed by atoms with E-state index < -0.39 is 0 Å². The van der Waals surface area contributed by atoms with E-state index in [1.807, 2.05) is 17.0 Å². The van der Waals surface area contributed by atoms with Crippen molar-refractivity contribution in [1.29, 1.82) is 0 Å². The molecule has 25 heavy (non-hydrogen) atoms. The zero-order chi connectivity index (χ0) is 17.4. The summed E-state index contributed by atoms with van der Waals surface area (Å²) in [6.45, 7) is 4.59. The maximum atomic E-state index is 12.8. The lowest BCUT2D eigenvalue weighted by Gasteiger charge is -2.47. The molecule has 1 aromatic rings. The third kappa shape index (κ3) is 3.32. The second kappa shape index (κ2) is 6.89. The predicted octanol–water partition coefficient (Wildman–Crippen LogP) is 2.93. The summed E-state index contributed by atoms with van der Waals surface area (Å²) in [6.07, 6.45) is 5.01.